The van der Waals surface area contributed by atoms with E-state index in [4.69, 9.17) is 37.9 Å². The van der Waals surface area contributed by atoms with Gasteiger partial charge in [0.1, 0.15) is 0 Å². The minimum Gasteiger partial charge on any atom is -0.369 e. The minimum absolute atomic E-state index is 0. The Hall–Kier alpha value is -4.19. The minimum atomic E-state index is -0.766. The molecule has 6 rings (SSSR count). The second-order valence-electron chi connectivity index (χ2n) is 14.4. The van der Waals surface area contributed by atoms with Gasteiger partial charge < -0.3 is 47.0 Å². The normalized spacial score (nSPS) is 11.0. The topological polar surface area (TPSA) is 83.7 Å². The SMILES string of the molecule is CCOC(Cc1ccc(CC(OCC)OCC)n1-c1ccc(F)[c-]c1F)OCC.CCOC(Cc1ccc(CC(OCC)OCC)n1-c1ccc(F)[c-]c1F)OCC.[Ti+4].c1cc[cH-]c1.c1cc[cH-]c1. The number of benzene rings is 2. The van der Waals surface area contributed by atoms with Crippen LogP contribution < -0.4 is 0 Å². The van der Waals surface area contributed by atoms with Crippen LogP contribution in [0.4, 0.5) is 17.6 Å². The van der Waals surface area contributed by atoms with E-state index >= 15 is 0 Å². The molecule has 0 amide bonds. The Morgan fingerprint density at radius 3 is 0.797 bits per heavy atom. The Balaban J connectivity index is 0.000000386. The van der Waals surface area contributed by atoms with Crippen molar-refractivity contribution in [2.75, 3.05) is 52.9 Å². The first kappa shape index (κ1) is 60.9. The molecule has 0 aliphatic heterocycles. The average molecular weight is 999 g/mol. The van der Waals surface area contributed by atoms with Crippen LogP contribution in [0.1, 0.15) is 78.2 Å². The third kappa shape index (κ3) is 21.8. The van der Waals surface area contributed by atoms with Gasteiger partial charge in [0.15, 0.2) is 25.2 Å². The summed E-state index contributed by atoms with van der Waals surface area (Å²) in [7, 11) is 0. The fourth-order valence-corrected chi connectivity index (χ4v) is 7.00. The quantitative estimate of drug-likeness (QED) is 0.0230. The van der Waals surface area contributed by atoms with Crippen molar-refractivity contribution >= 4 is 0 Å². The van der Waals surface area contributed by atoms with E-state index in [9.17, 15) is 17.6 Å². The van der Waals surface area contributed by atoms with Crippen molar-refractivity contribution < 1.29 is 77.2 Å². The van der Waals surface area contributed by atoms with E-state index in [1.54, 1.807) is 9.13 Å². The fraction of sp³-hybridized carbons (Fsp3) is 0.444. The van der Waals surface area contributed by atoms with Gasteiger partial charge in [-0.3, -0.25) is 0 Å². The molecule has 4 aromatic carbocycles. The van der Waals surface area contributed by atoms with Gasteiger partial charge in [-0.15, -0.1) is 36.4 Å². The summed E-state index contributed by atoms with van der Waals surface area (Å²) < 4.78 is 105. The number of nitrogens with zero attached hydrogens (tertiary/aromatic N) is 2. The van der Waals surface area contributed by atoms with Gasteiger partial charge in [-0.2, -0.15) is 36.4 Å². The van der Waals surface area contributed by atoms with Crippen LogP contribution in [-0.2, 0) is 85.3 Å². The van der Waals surface area contributed by atoms with Crippen molar-refractivity contribution in [3.8, 4) is 11.4 Å². The van der Waals surface area contributed by atoms with Gasteiger partial charge in [0.25, 0.3) is 0 Å². The smallest absolute Gasteiger partial charge is 0.369 e. The van der Waals surface area contributed by atoms with E-state index in [1.165, 1.54) is 24.3 Å². The molecule has 0 bridgehead atoms. The molecule has 0 spiro atoms. The molecule has 6 aromatic rings. The maximum atomic E-state index is 14.6. The van der Waals surface area contributed by atoms with Gasteiger partial charge in [-0.25, -0.2) is 41.8 Å². The predicted octanol–water partition coefficient (Wildman–Crippen LogP) is 11.7. The summed E-state index contributed by atoms with van der Waals surface area (Å²) in [6, 6.07) is 37.0. The van der Waals surface area contributed by atoms with Crippen molar-refractivity contribution in [3.63, 3.8) is 0 Å². The van der Waals surface area contributed by atoms with E-state index in [2.05, 4.69) is 12.1 Å². The summed E-state index contributed by atoms with van der Waals surface area (Å²) in [4.78, 5) is 0. The molecule has 0 aliphatic rings. The Labute approximate surface area is 422 Å². The van der Waals surface area contributed by atoms with Crippen LogP contribution in [0.25, 0.3) is 11.4 Å². The maximum Gasteiger partial charge on any atom is 4.00 e. The molecule has 69 heavy (non-hydrogen) atoms. The maximum absolute atomic E-state index is 14.6. The Kier molecular flexibility index (Phi) is 31.7. The molecule has 0 N–H and O–H groups in total. The zero-order valence-electron chi connectivity index (χ0n) is 41.4. The van der Waals surface area contributed by atoms with Gasteiger partial charge in [0, 0.05) is 125 Å². The predicted molar refractivity (Wildman–Crippen MR) is 256 cm³/mol. The molecule has 0 fully saturated rings. The van der Waals surface area contributed by atoms with Crippen LogP contribution in [0.15, 0.2) is 109 Å². The number of hydrogen-bond donors (Lipinski definition) is 0. The number of aromatic nitrogens is 2. The molecule has 0 saturated carbocycles. The summed E-state index contributed by atoms with van der Waals surface area (Å²) in [5.74, 6) is -3.02. The van der Waals surface area contributed by atoms with Crippen LogP contribution in [0.3, 0.4) is 0 Å². The Bertz CT molecular complexity index is 1880. The summed E-state index contributed by atoms with van der Waals surface area (Å²) in [6.45, 7) is 19.1. The first-order valence-corrected chi connectivity index (χ1v) is 23.5. The standard InChI is InChI=1S/2C22H30F2NO4.2C5H5.Ti/c2*1-5-26-21(27-6-2)14-17-10-11-18(15-22(28-7-3)29-8-4)25(17)20-12-9-16(23)13-19(20)24;2*1-2-4-5-3-1;/h2*9-12,21-22H,5-8,14-15H2,1-4H3;2*1-5H;/q4*-1;+4. The van der Waals surface area contributed by atoms with Gasteiger partial charge in [0.05, 0.1) is 0 Å². The van der Waals surface area contributed by atoms with Crippen molar-refractivity contribution in [2.45, 2.75) is 106 Å². The molecule has 2 heterocycles. The zero-order valence-corrected chi connectivity index (χ0v) is 42.9. The van der Waals surface area contributed by atoms with Gasteiger partial charge in [0.2, 0.25) is 0 Å². The first-order chi connectivity index (χ1) is 33.1. The molecule has 0 aliphatic carbocycles. The van der Waals surface area contributed by atoms with Crippen LogP contribution in [-0.4, -0.2) is 87.1 Å². The molecule has 15 heteroatoms. The zero-order chi connectivity index (χ0) is 49.5. The van der Waals surface area contributed by atoms with Crippen molar-refractivity contribution in [1.29, 1.82) is 0 Å². The summed E-state index contributed by atoms with van der Waals surface area (Å²) in [6.07, 6.45) is -0.221. The summed E-state index contributed by atoms with van der Waals surface area (Å²) >= 11 is 0. The van der Waals surface area contributed by atoms with Gasteiger partial charge in [-0.05, 0) is 91.0 Å². The van der Waals surface area contributed by atoms with Crippen LogP contribution in [0, 0.1) is 35.4 Å². The van der Waals surface area contributed by atoms with E-state index in [-0.39, 0.29) is 33.1 Å². The van der Waals surface area contributed by atoms with Crippen molar-refractivity contribution in [3.05, 3.63) is 167 Å². The molecule has 2 aromatic heterocycles. The summed E-state index contributed by atoms with van der Waals surface area (Å²) in [5, 5.41) is 0. The van der Waals surface area contributed by atoms with E-state index in [0.717, 1.165) is 22.8 Å². The number of rotatable bonds is 26. The number of halogens is 4. The van der Waals surface area contributed by atoms with Gasteiger partial charge in [-0.1, -0.05) is 0 Å². The molecule has 0 radical (unpaired) electrons. The van der Waals surface area contributed by atoms with E-state index in [0.29, 0.717) is 78.5 Å². The molecule has 0 atom stereocenters. The third-order valence-electron chi connectivity index (χ3n) is 9.68. The van der Waals surface area contributed by atoms with E-state index in [1.807, 2.05) is 140 Å². The molecular formula is C54H70F4N2O8Ti. The van der Waals surface area contributed by atoms with Crippen LogP contribution >= 0.6 is 0 Å². The van der Waals surface area contributed by atoms with Crippen LogP contribution in [0.2, 0.25) is 0 Å². The molecule has 0 unspecified atom stereocenters. The second kappa shape index (κ2) is 35.8. The monoisotopic (exact) mass is 998 g/mol. The average Bonchev–Trinajstić information content (AvgIpc) is 4.17. The van der Waals surface area contributed by atoms with Gasteiger partial charge >= 0.3 is 21.7 Å². The summed E-state index contributed by atoms with van der Waals surface area (Å²) in [5.41, 5.74) is 3.52. The number of hydrogen-bond acceptors (Lipinski definition) is 8. The molecule has 10 nitrogen and oxygen atoms in total. The van der Waals surface area contributed by atoms with Crippen LogP contribution in [0.5, 0.6) is 0 Å². The fourth-order valence-electron chi connectivity index (χ4n) is 7.00. The van der Waals surface area contributed by atoms with E-state index < -0.39 is 48.4 Å². The number of ether oxygens (including phenoxy) is 8. The first-order valence-electron chi connectivity index (χ1n) is 23.5. The second-order valence-corrected chi connectivity index (χ2v) is 14.4. The Morgan fingerprint density at radius 1 is 0.391 bits per heavy atom. The molecular weight excluding hydrogens is 928 g/mol. The third-order valence-corrected chi connectivity index (χ3v) is 9.68. The molecule has 376 valence electrons. The van der Waals surface area contributed by atoms with Crippen molar-refractivity contribution in [2.24, 2.45) is 0 Å². The largest absolute Gasteiger partial charge is 4.00 e. The Morgan fingerprint density at radius 2 is 0.623 bits per heavy atom. The van der Waals surface area contributed by atoms with Crippen molar-refractivity contribution in [1.82, 2.24) is 9.13 Å². The molecule has 0 saturated heterocycles.